The van der Waals surface area contributed by atoms with Gasteiger partial charge in [-0.2, -0.15) is 0 Å². The van der Waals surface area contributed by atoms with Gasteiger partial charge in [0.2, 0.25) is 5.91 Å². The van der Waals surface area contributed by atoms with Crippen LogP contribution in [0.4, 0.5) is 5.69 Å². The maximum atomic E-state index is 12.7. The monoisotopic (exact) mass is 337 g/mol. The maximum absolute atomic E-state index is 12.7. The third-order valence-corrected chi connectivity index (χ3v) is 4.65. The van der Waals surface area contributed by atoms with Crippen molar-refractivity contribution in [1.82, 2.24) is 9.88 Å². The van der Waals surface area contributed by atoms with Crippen molar-refractivity contribution < 1.29 is 14.3 Å². The number of nitrogens with zero attached hydrogens (tertiary/aromatic N) is 3. The van der Waals surface area contributed by atoms with Gasteiger partial charge >= 0.3 is 0 Å². The fourth-order valence-corrected chi connectivity index (χ4v) is 3.28. The summed E-state index contributed by atoms with van der Waals surface area (Å²) in [5, 5.41) is 0. The zero-order valence-electron chi connectivity index (χ0n) is 13.9. The van der Waals surface area contributed by atoms with Crippen molar-refractivity contribution in [3.63, 3.8) is 0 Å². The Morgan fingerprint density at radius 3 is 2.64 bits per heavy atom. The Balaban J connectivity index is 1.60. The lowest BCUT2D eigenvalue weighted by molar-refractivity contribution is -0.117. The fraction of sp³-hybridized carbons (Fsp3) is 0.316. The Morgan fingerprint density at radius 1 is 1.12 bits per heavy atom. The number of hydrogen-bond donors (Lipinski definition) is 0. The Kier molecular flexibility index (Phi) is 4.19. The molecular formula is C19H19N3O3. The lowest BCUT2D eigenvalue weighted by Gasteiger charge is -2.27. The molecule has 0 radical (unpaired) electrons. The van der Waals surface area contributed by atoms with Gasteiger partial charge in [-0.05, 0) is 35.4 Å². The molecule has 6 heteroatoms. The zero-order chi connectivity index (χ0) is 17.2. The van der Waals surface area contributed by atoms with Gasteiger partial charge in [-0.1, -0.05) is 6.07 Å². The van der Waals surface area contributed by atoms with Crippen LogP contribution in [-0.2, 0) is 22.5 Å². The Hall–Kier alpha value is -2.73. The zero-order valence-corrected chi connectivity index (χ0v) is 13.9. The summed E-state index contributed by atoms with van der Waals surface area (Å²) < 4.78 is 5.31. The van der Waals surface area contributed by atoms with E-state index in [2.05, 4.69) is 4.98 Å². The number of carbonyl (C=O) groups is 2. The molecule has 0 bridgehead atoms. The number of aromatic nitrogens is 1. The quantitative estimate of drug-likeness (QED) is 0.854. The molecule has 1 saturated heterocycles. The van der Waals surface area contributed by atoms with Gasteiger partial charge in [0.15, 0.2) is 0 Å². The van der Waals surface area contributed by atoms with E-state index in [1.54, 1.807) is 22.2 Å². The Labute approximate surface area is 146 Å². The summed E-state index contributed by atoms with van der Waals surface area (Å²) in [5.41, 5.74) is 3.44. The molecule has 0 spiro atoms. The highest BCUT2D eigenvalue weighted by atomic mass is 16.5. The average Bonchev–Trinajstić information content (AvgIpc) is 2.97. The van der Waals surface area contributed by atoms with E-state index >= 15 is 0 Å². The lowest BCUT2D eigenvalue weighted by atomic mass is 10.1. The van der Waals surface area contributed by atoms with Crippen LogP contribution >= 0.6 is 0 Å². The van der Waals surface area contributed by atoms with Crippen LogP contribution in [0.3, 0.4) is 0 Å². The maximum Gasteiger partial charge on any atom is 0.254 e. The van der Waals surface area contributed by atoms with E-state index in [4.69, 9.17) is 4.74 Å². The number of amides is 2. The fourth-order valence-electron chi connectivity index (χ4n) is 3.28. The van der Waals surface area contributed by atoms with Crippen molar-refractivity contribution in [2.75, 3.05) is 31.2 Å². The summed E-state index contributed by atoms with van der Waals surface area (Å²) in [6.45, 7) is 2.85. The smallest absolute Gasteiger partial charge is 0.254 e. The second-order valence-corrected chi connectivity index (χ2v) is 6.26. The number of benzene rings is 1. The molecular weight excluding hydrogens is 318 g/mol. The minimum atomic E-state index is -0.00527. The van der Waals surface area contributed by atoms with Gasteiger partial charge in [0.25, 0.3) is 5.91 Å². The first-order chi connectivity index (χ1) is 12.2. The molecule has 2 aliphatic heterocycles. The van der Waals surface area contributed by atoms with E-state index in [1.165, 1.54) is 0 Å². The molecule has 2 aromatic rings. The number of rotatable bonds is 3. The van der Waals surface area contributed by atoms with Gasteiger partial charge in [0.1, 0.15) is 0 Å². The normalized spacial score (nSPS) is 16.9. The summed E-state index contributed by atoms with van der Waals surface area (Å²) in [6, 6.07) is 9.36. The van der Waals surface area contributed by atoms with Crippen molar-refractivity contribution in [3.8, 4) is 0 Å². The minimum absolute atomic E-state index is 0.00527. The molecule has 0 aliphatic carbocycles. The van der Waals surface area contributed by atoms with Gasteiger partial charge in [-0.3, -0.25) is 14.6 Å². The van der Waals surface area contributed by atoms with Crippen LogP contribution in [0.1, 0.15) is 21.5 Å². The number of carbonyl (C=O) groups excluding carboxylic acids is 2. The van der Waals surface area contributed by atoms with E-state index in [1.807, 2.05) is 30.3 Å². The van der Waals surface area contributed by atoms with Crippen LogP contribution < -0.4 is 4.90 Å². The summed E-state index contributed by atoms with van der Waals surface area (Å²) >= 11 is 0. The number of ether oxygens (including phenoxy) is 1. The molecule has 1 aromatic heterocycles. The first-order valence-corrected chi connectivity index (χ1v) is 8.41. The first-order valence-electron chi connectivity index (χ1n) is 8.41. The van der Waals surface area contributed by atoms with Crippen LogP contribution in [0, 0.1) is 0 Å². The third kappa shape index (κ3) is 3.13. The van der Waals surface area contributed by atoms with Crippen molar-refractivity contribution in [2.24, 2.45) is 0 Å². The van der Waals surface area contributed by atoms with Gasteiger partial charge in [-0.15, -0.1) is 0 Å². The Morgan fingerprint density at radius 2 is 1.88 bits per heavy atom. The molecule has 0 unspecified atom stereocenters. The van der Waals surface area contributed by atoms with Gasteiger partial charge in [0.05, 0.1) is 26.2 Å². The third-order valence-electron chi connectivity index (χ3n) is 4.65. The van der Waals surface area contributed by atoms with Crippen molar-refractivity contribution in [3.05, 3.63) is 59.4 Å². The molecule has 0 saturated carbocycles. The van der Waals surface area contributed by atoms with Crippen LogP contribution in [0.2, 0.25) is 0 Å². The highest BCUT2D eigenvalue weighted by Crippen LogP contribution is 2.31. The summed E-state index contributed by atoms with van der Waals surface area (Å²) in [4.78, 5) is 32.7. The van der Waals surface area contributed by atoms with Crippen LogP contribution in [0.5, 0.6) is 0 Å². The van der Waals surface area contributed by atoms with E-state index < -0.39 is 0 Å². The summed E-state index contributed by atoms with van der Waals surface area (Å²) in [7, 11) is 0. The number of anilines is 1. The van der Waals surface area contributed by atoms with Crippen LogP contribution in [0.15, 0.2) is 42.7 Å². The molecule has 2 aliphatic rings. The van der Waals surface area contributed by atoms with E-state index in [0.29, 0.717) is 44.8 Å². The average molecular weight is 337 g/mol. The van der Waals surface area contributed by atoms with E-state index in [0.717, 1.165) is 16.8 Å². The molecule has 1 aromatic carbocycles. The number of hydrogen-bond acceptors (Lipinski definition) is 4. The molecule has 6 nitrogen and oxygen atoms in total. The van der Waals surface area contributed by atoms with Gasteiger partial charge < -0.3 is 14.5 Å². The molecule has 25 heavy (non-hydrogen) atoms. The number of pyridine rings is 1. The molecule has 128 valence electrons. The molecule has 0 atom stereocenters. The molecule has 1 fully saturated rings. The van der Waals surface area contributed by atoms with Crippen molar-refractivity contribution in [1.29, 1.82) is 0 Å². The molecule has 3 heterocycles. The lowest BCUT2D eigenvalue weighted by Crippen LogP contribution is -2.40. The Bertz CT molecular complexity index is 801. The minimum Gasteiger partial charge on any atom is -0.378 e. The van der Waals surface area contributed by atoms with Crippen molar-refractivity contribution in [2.45, 2.75) is 13.0 Å². The number of fused-ring (bicyclic) bond motifs is 1. The second kappa shape index (κ2) is 6.64. The highest BCUT2D eigenvalue weighted by molar-refractivity contribution is 6.03. The first kappa shape index (κ1) is 15.8. The van der Waals surface area contributed by atoms with Crippen LogP contribution in [0.25, 0.3) is 0 Å². The largest absolute Gasteiger partial charge is 0.378 e. The predicted octanol–water partition coefficient (Wildman–Crippen LogP) is 1.64. The van der Waals surface area contributed by atoms with Crippen molar-refractivity contribution >= 4 is 17.5 Å². The van der Waals surface area contributed by atoms with Gasteiger partial charge in [-0.25, -0.2) is 0 Å². The SMILES string of the molecule is O=C(c1ccc2c(c1)N(Cc1ccncc1)C(=O)C2)N1CCOCC1. The summed E-state index contributed by atoms with van der Waals surface area (Å²) in [5.74, 6) is 0.0529. The van der Waals surface area contributed by atoms with Crippen LogP contribution in [-0.4, -0.2) is 48.0 Å². The molecule has 4 rings (SSSR count). The van der Waals surface area contributed by atoms with E-state index in [9.17, 15) is 9.59 Å². The second-order valence-electron chi connectivity index (χ2n) is 6.26. The summed E-state index contributed by atoms with van der Waals surface area (Å²) in [6.07, 6.45) is 3.82. The highest BCUT2D eigenvalue weighted by Gasteiger charge is 2.29. The van der Waals surface area contributed by atoms with Gasteiger partial charge in [0, 0.05) is 36.7 Å². The van der Waals surface area contributed by atoms with E-state index in [-0.39, 0.29) is 11.8 Å². The predicted molar refractivity (Wildman–Crippen MR) is 92.3 cm³/mol. The number of morpholine rings is 1. The molecule has 0 N–H and O–H groups in total. The molecule has 2 amide bonds. The standard InChI is InChI=1S/C19H19N3O3/c23-18-12-15-1-2-16(19(24)21-7-9-25-10-8-21)11-17(15)22(18)13-14-3-5-20-6-4-14/h1-6,11H,7-10,12-13H2. The topological polar surface area (TPSA) is 62.7 Å².